The molecule has 1 aromatic rings. The Morgan fingerprint density at radius 2 is 1.38 bits per heavy atom. The second-order valence-corrected chi connectivity index (χ2v) is 9.56. The maximum absolute atomic E-state index is 12.4. The average molecular weight is 418 g/mol. The molecule has 0 radical (unpaired) electrons. The summed E-state index contributed by atoms with van der Waals surface area (Å²) in [6, 6.07) is 10.5. The van der Waals surface area contributed by atoms with Crippen molar-refractivity contribution in [1.82, 2.24) is 4.90 Å². The third kappa shape index (κ3) is 8.16. The Kier molecular flexibility index (Phi) is 11.5. The highest BCUT2D eigenvalue weighted by molar-refractivity contribution is 8.00. The van der Waals surface area contributed by atoms with Gasteiger partial charge in [-0.2, -0.15) is 0 Å². The molecule has 29 heavy (non-hydrogen) atoms. The Labute approximate surface area is 182 Å². The fourth-order valence-electron chi connectivity index (χ4n) is 4.07. The number of imide groups is 1. The molecule has 1 fully saturated rings. The molecule has 1 heterocycles. The quantitative estimate of drug-likeness (QED) is 0.222. The Morgan fingerprint density at radius 1 is 0.828 bits per heavy atom. The van der Waals surface area contributed by atoms with E-state index in [0.29, 0.717) is 18.1 Å². The van der Waals surface area contributed by atoms with Gasteiger partial charge in [0.25, 0.3) is 0 Å². The highest BCUT2D eigenvalue weighted by Crippen LogP contribution is 2.39. The van der Waals surface area contributed by atoms with E-state index < -0.39 is 0 Å². The van der Waals surface area contributed by atoms with Crippen LogP contribution in [0.5, 0.6) is 0 Å². The van der Waals surface area contributed by atoms with Gasteiger partial charge < -0.3 is 0 Å². The Morgan fingerprint density at radius 3 is 1.93 bits per heavy atom. The molecule has 1 aliphatic heterocycles. The van der Waals surface area contributed by atoms with E-state index in [-0.39, 0.29) is 17.2 Å². The summed E-state index contributed by atoms with van der Waals surface area (Å²) in [4.78, 5) is 26.4. The number of hydrogen-bond donors (Lipinski definition) is 0. The summed E-state index contributed by atoms with van der Waals surface area (Å²) in [5.41, 5.74) is 1.29. The number of thioether (sulfide) groups is 1. The SMILES string of the molecule is CCCCCCCCCCCC(SC(CC)c1ccccc1)N1C(=O)CCC1=O. The van der Waals surface area contributed by atoms with Gasteiger partial charge in [0.2, 0.25) is 11.8 Å². The van der Waals surface area contributed by atoms with Gasteiger partial charge in [0.1, 0.15) is 0 Å². The molecule has 0 aromatic heterocycles. The number of likely N-dealkylation sites (tertiary alicyclic amines) is 1. The first-order chi connectivity index (χ1) is 14.2. The molecule has 0 spiro atoms. The van der Waals surface area contributed by atoms with Crippen LogP contribution in [0.3, 0.4) is 0 Å². The second-order valence-electron chi connectivity index (χ2n) is 8.17. The highest BCUT2D eigenvalue weighted by Gasteiger charge is 2.36. The van der Waals surface area contributed by atoms with Crippen molar-refractivity contribution in [2.24, 2.45) is 0 Å². The highest BCUT2D eigenvalue weighted by atomic mass is 32.2. The molecule has 2 unspecified atom stereocenters. The van der Waals surface area contributed by atoms with Gasteiger partial charge in [-0.15, -0.1) is 11.8 Å². The topological polar surface area (TPSA) is 37.4 Å². The minimum Gasteiger partial charge on any atom is -0.274 e. The number of carbonyl (C=O) groups is 2. The number of nitrogens with zero attached hydrogens (tertiary/aromatic N) is 1. The molecule has 1 saturated heterocycles. The van der Waals surface area contributed by atoms with Crippen molar-refractivity contribution in [1.29, 1.82) is 0 Å². The average Bonchev–Trinajstić information content (AvgIpc) is 3.08. The van der Waals surface area contributed by atoms with Crippen LogP contribution in [-0.4, -0.2) is 22.1 Å². The lowest BCUT2D eigenvalue weighted by atomic mass is 10.1. The molecule has 1 aromatic carbocycles. The van der Waals surface area contributed by atoms with Crippen LogP contribution >= 0.6 is 11.8 Å². The first-order valence-electron chi connectivity index (χ1n) is 11.7. The zero-order chi connectivity index (χ0) is 20.9. The van der Waals surface area contributed by atoms with Gasteiger partial charge in [-0.3, -0.25) is 14.5 Å². The minimum absolute atomic E-state index is 0.0198. The third-order valence-corrected chi connectivity index (χ3v) is 7.49. The van der Waals surface area contributed by atoms with Crippen LogP contribution in [0.2, 0.25) is 0 Å². The number of unbranched alkanes of at least 4 members (excludes halogenated alkanes) is 8. The smallest absolute Gasteiger partial charge is 0.230 e. The molecule has 0 aliphatic carbocycles. The molecule has 2 atom stereocenters. The summed E-state index contributed by atoms with van der Waals surface area (Å²) in [7, 11) is 0. The fraction of sp³-hybridized carbons (Fsp3) is 0.680. The molecule has 0 bridgehead atoms. The van der Waals surface area contributed by atoms with Crippen LogP contribution in [0.25, 0.3) is 0 Å². The van der Waals surface area contributed by atoms with E-state index in [9.17, 15) is 9.59 Å². The Bertz CT molecular complexity index is 588. The number of benzene rings is 1. The lowest BCUT2D eigenvalue weighted by Crippen LogP contribution is -2.37. The van der Waals surface area contributed by atoms with E-state index in [2.05, 4.69) is 38.1 Å². The number of rotatable bonds is 15. The monoisotopic (exact) mass is 417 g/mol. The van der Waals surface area contributed by atoms with Gasteiger partial charge in [0.15, 0.2) is 0 Å². The zero-order valence-electron chi connectivity index (χ0n) is 18.4. The summed E-state index contributed by atoms with van der Waals surface area (Å²) >= 11 is 1.81. The lowest BCUT2D eigenvalue weighted by Gasteiger charge is -2.29. The zero-order valence-corrected chi connectivity index (χ0v) is 19.2. The van der Waals surface area contributed by atoms with E-state index in [0.717, 1.165) is 19.3 Å². The number of hydrogen-bond acceptors (Lipinski definition) is 3. The molecule has 4 heteroatoms. The van der Waals surface area contributed by atoms with Crippen LogP contribution in [0.4, 0.5) is 0 Å². The van der Waals surface area contributed by atoms with Crippen LogP contribution in [0, 0.1) is 0 Å². The van der Waals surface area contributed by atoms with E-state index >= 15 is 0 Å². The van der Waals surface area contributed by atoms with Crippen molar-refractivity contribution >= 4 is 23.6 Å². The van der Waals surface area contributed by atoms with Crippen LogP contribution in [0.15, 0.2) is 30.3 Å². The van der Waals surface area contributed by atoms with Gasteiger partial charge in [-0.1, -0.05) is 102 Å². The molecular formula is C25H39NO2S. The van der Waals surface area contributed by atoms with Crippen molar-refractivity contribution in [3.05, 3.63) is 35.9 Å². The van der Waals surface area contributed by atoms with Gasteiger partial charge >= 0.3 is 0 Å². The second kappa shape index (κ2) is 13.8. The number of carbonyl (C=O) groups excluding carboxylic acids is 2. The summed E-state index contributed by atoms with van der Waals surface area (Å²) in [5.74, 6) is 0.0395. The molecular weight excluding hydrogens is 378 g/mol. The Balaban J connectivity index is 1.85. The first kappa shape index (κ1) is 24.0. The van der Waals surface area contributed by atoms with Gasteiger partial charge in [0, 0.05) is 18.1 Å². The van der Waals surface area contributed by atoms with Crippen molar-refractivity contribution in [3.8, 4) is 0 Å². The van der Waals surface area contributed by atoms with E-state index in [1.807, 2.05) is 17.8 Å². The minimum atomic E-state index is -0.0211. The third-order valence-electron chi connectivity index (χ3n) is 5.80. The van der Waals surface area contributed by atoms with E-state index in [1.165, 1.54) is 56.9 Å². The molecule has 1 aliphatic rings. The van der Waals surface area contributed by atoms with Gasteiger partial charge in [0.05, 0.1) is 5.37 Å². The van der Waals surface area contributed by atoms with Crippen LogP contribution in [-0.2, 0) is 9.59 Å². The summed E-state index contributed by atoms with van der Waals surface area (Å²) in [6.45, 7) is 4.44. The summed E-state index contributed by atoms with van der Waals surface area (Å²) < 4.78 is 0. The maximum Gasteiger partial charge on any atom is 0.230 e. The molecule has 162 valence electrons. The Hall–Kier alpha value is -1.29. The largest absolute Gasteiger partial charge is 0.274 e. The molecule has 0 N–H and O–H groups in total. The van der Waals surface area contributed by atoms with Crippen molar-refractivity contribution < 1.29 is 9.59 Å². The predicted octanol–water partition coefficient (Wildman–Crippen LogP) is 7.27. The first-order valence-corrected chi connectivity index (χ1v) is 12.7. The normalized spacial score (nSPS) is 16.4. The lowest BCUT2D eigenvalue weighted by molar-refractivity contribution is -0.139. The standard InChI is InChI=1S/C25H39NO2S/c1-3-5-6-7-8-9-10-11-15-18-25(26-23(27)19-20-24(26)28)29-22(4-2)21-16-13-12-14-17-21/h12-14,16-17,22,25H,3-11,15,18-20H2,1-2H3. The van der Waals surface area contributed by atoms with Crippen molar-refractivity contribution in [2.75, 3.05) is 0 Å². The molecule has 2 amide bonds. The number of amides is 2. The fourth-order valence-corrected chi connectivity index (χ4v) is 5.62. The predicted molar refractivity (Wildman–Crippen MR) is 124 cm³/mol. The van der Waals surface area contributed by atoms with Crippen LogP contribution < -0.4 is 0 Å². The van der Waals surface area contributed by atoms with E-state index in [4.69, 9.17) is 0 Å². The maximum atomic E-state index is 12.4. The van der Waals surface area contributed by atoms with Crippen molar-refractivity contribution in [2.45, 2.75) is 108 Å². The molecule has 3 nitrogen and oxygen atoms in total. The van der Waals surface area contributed by atoms with Gasteiger partial charge in [-0.25, -0.2) is 0 Å². The molecule has 2 rings (SSSR count). The summed E-state index contributed by atoms with van der Waals surface area (Å²) in [5, 5.41) is 0.299. The van der Waals surface area contributed by atoms with E-state index in [1.54, 1.807) is 4.90 Å². The van der Waals surface area contributed by atoms with Crippen LogP contribution in [0.1, 0.15) is 108 Å². The molecule has 0 saturated carbocycles. The summed E-state index contributed by atoms with van der Waals surface area (Å²) in [6.07, 6.45) is 14.3. The van der Waals surface area contributed by atoms with Crippen molar-refractivity contribution in [3.63, 3.8) is 0 Å². The van der Waals surface area contributed by atoms with Gasteiger partial charge in [-0.05, 0) is 18.4 Å².